The highest BCUT2D eigenvalue weighted by molar-refractivity contribution is 5.76. The molecular formula is C22H24N2O6. The summed E-state index contributed by atoms with van der Waals surface area (Å²) >= 11 is 0. The number of benzene rings is 2. The average Bonchev–Trinajstić information content (AvgIpc) is 2.67. The Bertz CT molecular complexity index is 926. The van der Waals surface area contributed by atoms with Crippen molar-refractivity contribution in [3.63, 3.8) is 0 Å². The zero-order valence-electron chi connectivity index (χ0n) is 17.0. The van der Waals surface area contributed by atoms with Crippen LogP contribution in [0.25, 0.3) is 0 Å². The summed E-state index contributed by atoms with van der Waals surface area (Å²) in [5, 5.41) is 12.5. The van der Waals surface area contributed by atoms with Crippen molar-refractivity contribution in [3.05, 3.63) is 71.8 Å². The maximum Gasteiger partial charge on any atom is 0.452 e. The minimum atomic E-state index is -1.65. The second-order valence-electron chi connectivity index (χ2n) is 8.08. The lowest BCUT2D eigenvalue weighted by atomic mass is 9.92. The first-order valence-corrected chi connectivity index (χ1v) is 9.52. The van der Waals surface area contributed by atoms with Crippen LogP contribution in [0.3, 0.4) is 0 Å². The van der Waals surface area contributed by atoms with Gasteiger partial charge in [0.25, 0.3) is 6.09 Å². The molecule has 8 nitrogen and oxygen atoms in total. The molecule has 2 aromatic rings. The van der Waals surface area contributed by atoms with Gasteiger partial charge in [-0.3, -0.25) is 0 Å². The summed E-state index contributed by atoms with van der Waals surface area (Å²) in [4.78, 5) is 37.5. The Hall–Kier alpha value is -3.39. The number of carbonyl (C=O) groups is 3. The maximum atomic E-state index is 12.6. The smallest absolute Gasteiger partial charge is 0.452 e. The van der Waals surface area contributed by atoms with E-state index in [4.69, 9.17) is 9.47 Å². The van der Waals surface area contributed by atoms with Crippen LogP contribution >= 0.6 is 0 Å². The molecule has 0 spiro atoms. The van der Waals surface area contributed by atoms with Crippen LogP contribution in [0.1, 0.15) is 44.0 Å². The van der Waals surface area contributed by atoms with E-state index in [1.54, 1.807) is 81.4 Å². The average molecular weight is 412 g/mol. The second-order valence-corrected chi connectivity index (χ2v) is 8.08. The van der Waals surface area contributed by atoms with Crippen molar-refractivity contribution >= 4 is 18.2 Å². The number of nitrogens with zero attached hydrogens (tertiary/aromatic N) is 1. The largest absolute Gasteiger partial charge is 0.496 e. The van der Waals surface area contributed by atoms with E-state index in [2.05, 4.69) is 5.43 Å². The molecule has 158 valence electrons. The van der Waals surface area contributed by atoms with Gasteiger partial charge < -0.3 is 19.4 Å². The highest BCUT2D eigenvalue weighted by Crippen LogP contribution is 2.43. The molecule has 8 heteroatoms. The van der Waals surface area contributed by atoms with Crippen LogP contribution in [0.5, 0.6) is 0 Å². The fourth-order valence-corrected chi connectivity index (χ4v) is 3.55. The van der Waals surface area contributed by atoms with E-state index in [9.17, 15) is 19.5 Å². The molecule has 0 radical (unpaired) electrons. The number of quaternary nitrogens is 1. The van der Waals surface area contributed by atoms with Crippen molar-refractivity contribution in [1.29, 1.82) is 0 Å². The van der Waals surface area contributed by atoms with Crippen molar-refractivity contribution in [1.82, 2.24) is 5.43 Å². The van der Waals surface area contributed by atoms with Crippen molar-refractivity contribution < 1.29 is 33.6 Å². The zero-order valence-corrected chi connectivity index (χ0v) is 17.0. The fraction of sp³-hybridized carbons (Fsp3) is 0.318. The van der Waals surface area contributed by atoms with Crippen molar-refractivity contribution in [2.75, 3.05) is 6.54 Å². The number of carbonyl (C=O) groups excluding carboxylic acids is 3. The molecule has 1 N–H and O–H groups in total. The molecule has 0 aromatic heterocycles. The molecular weight excluding hydrogens is 388 g/mol. The summed E-state index contributed by atoms with van der Waals surface area (Å²) in [7, 11) is 0. The molecule has 1 saturated heterocycles. The van der Waals surface area contributed by atoms with E-state index < -0.39 is 47.0 Å². The van der Waals surface area contributed by atoms with Crippen molar-refractivity contribution in [2.45, 2.75) is 38.5 Å². The van der Waals surface area contributed by atoms with Gasteiger partial charge in [-0.05, 0) is 26.3 Å². The van der Waals surface area contributed by atoms with Gasteiger partial charge in [0.15, 0.2) is 12.1 Å². The summed E-state index contributed by atoms with van der Waals surface area (Å²) in [6.45, 7) is 4.32. The predicted octanol–water partition coefficient (Wildman–Crippen LogP) is 2.63. The summed E-state index contributed by atoms with van der Waals surface area (Å²) in [6.07, 6.45) is -3.59. The number of esters is 1. The Labute approximate surface area is 174 Å². The summed E-state index contributed by atoms with van der Waals surface area (Å²) in [6, 6.07) is 16.5. The Kier molecular flexibility index (Phi) is 5.80. The monoisotopic (exact) mass is 412 g/mol. The molecule has 1 heterocycles. The zero-order chi connectivity index (χ0) is 21.9. The van der Waals surface area contributed by atoms with E-state index in [-0.39, 0.29) is 0 Å². The molecule has 2 aromatic carbocycles. The van der Waals surface area contributed by atoms with Gasteiger partial charge in [0.05, 0.1) is 0 Å². The summed E-state index contributed by atoms with van der Waals surface area (Å²) in [5.74, 6) is -0.781. The topological polar surface area (TPSA) is 105 Å². The van der Waals surface area contributed by atoms with Crippen LogP contribution in [0, 0.1) is 0 Å². The van der Waals surface area contributed by atoms with Gasteiger partial charge >= 0.3 is 12.1 Å². The summed E-state index contributed by atoms with van der Waals surface area (Å²) in [5.41, 5.74) is 2.66. The predicted molar refractivity (Wildman–Crippen MR) is 104 cm³/mol. The number of nitrogens with one attached hydrogen (secondary N) is 1. The van der Waals surface area contributed by atoms with E-state index in [1.807, 2.05) is 0 Å². The summed E-state index contributed by atoms with van der Waals surface area (Å²) < 4.78 is 9.67. The van der Waals surface area contributed by atoms with Gasteiger partial charge in [-0.25, -0.2) is 9.59 Å². The number of rotatable bonds is 2. The van der Waals surface area contributed by atoms with Gasteiger partial charge in [0, 0.05) is 5.56 Å². The molecule has 1 aliphatic heterocycles. The lowest BCUT2D eigenvalue weighted by Gasteiger charge is -2.47. The van der Waals surface area contributed by atoms with Crippen LogP contribution in [-0.4, -0.2) is 34.9 Å². The van der Waals surface area contributed by atoms with Gasteiger partial charge in [-0.1, -0.05) is 60.7 Å². The molecule has 3 rings (SSSR count). The minimum absolute atomic E-state index is 0.555. The third-order valence-corrected chi connectivity index (χ3v) is 4.68. The Balaban J connectivity index is 2.14. The molecule has 30 heavy (non-hydrogen) atoms. The van der Waals surface area contributed by atoms with Crippen LogP contribution in [-0.2, 0) is 14.3 Å². The number of carboxylic acid groups (broad SMARTS) is 1. The Morgan fingerprint density at radius 1 is 1.03 bits per heavy atom. The lowest BCUT2D eigenvalue weighted by Crippen LogP contribution is -2.73. The Morgan fingerprint density at radius 2 is 1.57 bits per heavy atom. The van der Waals surface area contributed by atoms with E-state index >= 15 is 0 Å². The molecule has 2 amide bonds. The molecule has 1 unspecified atom stereocenters. The SMILES string of the molecule is CC(C)(C)OC(=O)N[N+]1(C(=O)[O-])CC(=O)O[C@@H](c2ccccc2)[C@H]1c1ccccc1. The van der Waals surface area contributed by atoms with E-state index in [0.717, 1.165) is 0 Å². The normalized spacial score (nSPS) is 23.9. The number of cyclic esters (lactones) is 1. The highest BCUT2D eigenvalue weighted by atomic mass is 16.6. The molecule has 1 aliphatic rings. The van der Waals surface area contributed by atoms with Crippen molar-refractivity contribution in [2.24, 2.45) is 0 Å². The standard InChI is InChI=1S/C22H24N2O6/c1-22(2,3)30-20(26)23-24(21(27)28)14-17(25)29-19(16-12-8-5-9-13-16)18(24)15-10-6-4-7-11-15/h4-13,18-19H,14H2,1-3H3,(H-,23,26,27,28)/t18-,19+,24?/m1/s1. The number of hydrogen-bond acceptors (Lipinski definition) is 6. The maximum absolute atomic E-state index is 12.6. The van der Waals surface area contributed by atoms with Crippen LogP contribution < -0.4 is 10.5 Å². The third kappa shape index (κ3) is 4.44. The molecule has 0 saturated carbocycles. The first-order chi connectivity index (χ1) is 14.1. The minimum Gasteiger partial charge on any atom is -0.496 e. The number of ether oxygens (including phenoxy) is 2. The van der Waals surface area contributed by atoms with E-state index in [1.165, 1.54) is 0 Å². The first-order valence-electron chi connectivity index (χ1n) is 9.52. The number of morpholine rings is 1. The third-order valence-electron chi connectivity index (χ3n) is 4.68. The van der Waals surface area contributed by atoms with Crippen molar-refractivity contribution in [3.8, 4) is 0 Å². The van der Waals surface area contributed by atoms with Crippen LogP contribution in [0.15, 0.2) is 60.7 Å². The lowest BCUT2D eigenvalue weighted by molar-refractivity contribution is -0.941. The number of hydrogen-bond donors (Lipinski definition) is 1. The fourth-order valence-electron chi connectivity index (χ4n) is 3.55. The molecule has 3 atom stereocenters. The highest BCUT2D eigenvalue weighted by Gasteiger charge is 2.55. The second kappa shape index (κ2) is 8.16. The van der Waals surface area contributed by atoms with Gasteiger partial charge in [-0.15, -0.1) is 4.59 Å². The van der Waals surface area contributed by atoms with Gasteiger partial charge in [0.1, 0.15) is 5.60 Å². The van der Waals surface area contributed by atoms with Crippen LogP contribution in [0.2, 0.25) is 0 Å². The molecule has 0 aliphatic carbocycles. The first kappa shape index (κ1) is 21.3. The van der Waals surface area contributed by atoms with Crippen LogP contribution in [0.4, 0.5) is 9.59 Å². The Morgan fingerprint density at radius 3 is 2.07 bits per heavy atom. The number of amides is 2. The van der Waals surface area contributed by atoms with Gasteiger partial charge in [0.2, 0.25) is 6.54 Å². The van der Waals surface area contributed by atoms with E-state index in [0.29, 0.717) is 11.1 Å². The van der Waals surface area contributed by atoms with Gasteiger partial charge in [-0.2, -0.15) is 5.43 Å². The quantitative estimate of drug-likeness (QED) is 0.601. The molecule has 1 fully saturated rings. The molecule has 0 bridgehead atoms.